The molecule has 0 fully saturated rings. The summed E-state index contributed by atoms with van der Waals surface area (Å²) < 4.78 is 0. The lowest BCUT2D eigenvalue weighted by Crippen LogP contribution is -2.38. The Morgan fingerprint density at radius 2 is 1.86 bits per heavy atom. The fourth-order valence-electron chi connectivity index (χ4n) is 1.96. The van der Waals surface area contributed by atoms with Gasteiger partial charge in [-0.25, -0.2) is 9.59 Å². The van der Waals surface area contributed by atoms with Gasteiger partial charge in [-0.15, -0.1) is 0 Å². The molecule has 21 heavy (non-hydrogen) atoms. The van der Waals surface area contributed by atoms with Gasteiger partial charge in [0.2, 0.25) is 0 Å². The van der Waals surface area contributed by atoms with E-state index in [9.17, 15) is 9.59 Å². The van der Waals surface area contributed by atoms with Crippen molar-refractivity contribution < 1.29 is 14.7 Å². The second-order valence-electron chi connectivity index (χ2n) is 5.11. The zero-order chi connectivity index (χ0) is 15.7. The first-order chi connectivity index (χ1) is 10.0. The number of aromatic carboxylic acids is 1. The molecule has 0 spiro atoms. The fourth-order valence-corrected chi connectivity index (χ4v) is 1.96. The van der Waals surface area contributed by atoms with Crippen LogP contribution in [0, 0.1) is 0 Å². The van der Waals surface area contributed by atoms with Gasteiger partial charge in [-0.2, -0.15) is 0 Å². The van der Waals surface area contributed by atoms with E-state index in [0.29, 0.717) is 13.0 Å². The Bertz CT molecular complexity index is 457. The lowest BCUT2D eigenvalue weighted by molar-refractivity contribution is 0.0697. The SMILES string of the molecule is CCCCCN(C)C(=O)NCCc1ccc(C(=O)O)cc1. The first-order valence-corrected chi connectivity index (χ1v) is 7.35. The molecule has 0 bridgehead atoms. The smallest absolute Gasteiger partial charge is 0.335 e. The molecule has 0 radical (unpaired) electrons. The van der Waals surface area contributed by atoms with Crippen LogP contribution in [0.4, 0.5) is 4.79 Å². The molecule has 1 rings (SSSR count). The standard InChI is InChI=1S/C16H24N2O3/c1-3-4-5-12-18(2)16(21)17-11-10-13-6-8-14(9-7-13)15(19)20/h6-9H,3-5,10-12H2,1-2H3,(H,17,21)(H,19,20). The highest BCUT2D eigenvalue weighted by Gasteiger charge is 2.07. The van der Waals surface area contributed by atoms with Gasteiger partial charge in [0.25, 0.3) is 0 Å². The van der Waals surface area contributed by atoms with Crippen LogP contribution in [0.1, 0.15) is 42.1 Å². The summed E-state index contributed by atoms with van der Waals surface area (Å²) in [6.07, 6.45) is 3.99. The van der Waals surface area contributed by atoms with Crippen LogP contribution >= 0.6 is 0 Å². The molecule has 0 heterocycles. The van der Waals surface area contributed by atoms with E-state index in [-0.39, 0.29) is 11.6 Å². The summed E-state index contributed by atoms with van der Waals surface area (Å²) in [7, 11) is 1.80. The monoisotopic (exact) mass is 292 g/mol. The van der Waals surface area contributed by atoms with E-state index in [4.69, 9.17) is 5.11 Å². The van der Waals surface area contributed by atoms with Gasteiger partial charge in [-0.1, -0.05) is 31.9 Å². The second-order valence-corrected chi connectivity index (χ2v) is 5.11. The van der Waals surface area contributed by atoms with Gasteiger partial charge in [0.1, 0.15) is 0 Å². The Kier molecular flexibility index (Phi) is 7.29. The first kappa shape index (κ1) is 17.0. The number of carboxylic acids is 1. The fraction of sp³-hybridized carbons (Fsp3) is 0.500. The molecular weight excluding hydrogens is 268 g/mol. The lowest BCUT2D eigenvalue weighted by Gasteiger charge is -2.17. The minimum absolute atomic E-state index is 0.0618. The number of carbonyl (C=O) groups is 2. The highest BCUT2D eigenvalue weighted by Crippen LogP contribution is 2.05. The summed E-state index contributed by atoms with van der Waals surface area (Å²) in [5.74, 6) is -0.927. The van der Waals surface area contributed by atoms with Crippen LogP contribution in [0.5, 0.6) is 0 Å². The van der Waals surface area contributed by atoms with Crippen molar-refractivity contribution in [3.63, 3.8) is 0 Å². The maximum atomic E-state index is 11.8. The Balaban J connectivity index is 2.29. The molecule has 0 aliphatic rings. The van der Waals surface area contributed by atoms with Gasteiger partial charge in [-0.3, -0.25) is 0 Å². The van der Waals surface area contributed by atoms with Crippen molar-refractivity contribution in [1.82, 2.24) is 10.2 Å². The minimum Gasteiger partial charge on any atom is -0.478 e. The first-order valence-electron chi connectivity index (χ1n) is 7.35. The number of benzene rings is 1. The van der Waals surface area contributed by atoms with Gasteiger partial charge in [0.15, 0.2) is 0 Å². The molecule has 5 nitrogen and oxygen atoms in total. The summed E-state index contributed by atoms with van der Waals surface area (Å²) in [5.41, 5.74) is 1.28. The Labute approximate surface area is 126 Å². The number of hydrogen-bond donors (Lipinski definition) is 2. The number of nitrogens with one attached hydrogen (secondary N) is 1. The van der Waals surface area contributed by atoms with Gasteiger partial charge >= 0.3 is 12.0 Å². The molecule has 5 heteroatoms. The molecule has 0 saturated carbocycles. The molecule has 0 aromatic heterocycles. The third kappa shape index (κ3) is 6.29. The molecule has 0 saturated heterocycles. The normalized spacial score (nSPS) is 10.2. The van der Waals surface area contributed by atoms with E-state index in [1.165, 1.54) is 0 Å². The van der Waals surface area contributed by atoms with E-state index in [2.05, 4.69) is 12.2 Å². The number of carbonyl (C=O) groups excluding carboxylic acids is 1. The van der Waals surface area contributed by atoms with E-state index >= 15 is 0 Å². The molecule has 2 amide bonds. The van der Waals surface area contributed by atoms with Crippen molar-refractivity contribution in [2.45, 2.75) is 32.6 Å². The van der Waals surface area contributed by atoms with Crippen LogP contribution < -0.4 is 5.32 Å². The van der Waals surface area contributed by atoms with Gasteiger partial charge in [0.05, 0.1) is 5.56 Å². The van der Waals surface area contributed by atoms with E-state index < -0.39 is 5.97 Å². The predicted octanol–water partition coefficient (Wildman–Crippen LogP) is 2.76. The van der Waals surface area contributed by atoms with Crippen LogP contribution in [0.2, 0.25) is 0 Å². The molecule has 1 aromatic carbocycles. The lowest BCUT2D eigenvalue weighted by atomic mass is 10.1. The van der Waals surface area contributed by atoms with Gasteiger partial charge in [0, 0.05) is 20.1 Å². The van der Waals surface area contributed by atoms with Crippen LogP contribution in [0.3, 0.4) is 0 Å². The number of unbranched alkanes of at least 4 members (excludes halogenated alkanes) is 2. The summed E-state index contributed by atoms with van der Waals surface area (Å²) in [6.45, 7) is 3.45. The van der Waals surface area contributed by atoms with Gasteiger partial charge < -0.3 is 15.3 Å². The zero-order valence-electron chi connectivity index (χ0n) is 12.8. The Morgan fingerprint density at radius 3 is 2.43 bits per heavy atom. The van der Waals surface area contributed by atoms with Crippen molar-refractivity contribution in [2.75, 3.05) is 20.1 Å². The Morgan fingerprint density at radius 1 is 1.19 bits per heavy atom. The number of nitrogens with zero attached hydrogens (tertiary/aromatic N) is 1. The largest absolute Gasteiger partial charge is 0.478 e. The number of amides is 2. The van der Waals surface area contributed by atoms with Crippen LogP contribution in [0.15, 0.2) is 24.3 Å². The van der Waals surface area contributed by atoms with E-state index in [0.717, 1.165) is 31.4 Å². The number of rotatable bonds is 8. The third-order valence-corrected chi connectivity index (χ3v) is 3.33. The number of hydrogen-bond acceptors (Lipinski definition) is 2. The topological polar surface area (TPSA) is 69.6 Å². The highest BCUT2D eigenvalue weighted by molar-refractivity contribution is 5.87. The summed E-state index contributed by atoms with van der Waals surface area (Å²) in [5, 5.41) is 11.7. The second kappa shape index (κ2) is 9.00. The number of urea groups is 1. The quantitative estimate of drug-likeness (QED) is 0.724. The van der Waals surface area contributed by atoms with Crippen LogP contribution in [-0.2, 0) is 6.42 Å². The van der Waals surface area contributed by atoms with Crippen molar-refractivity contribution in [3.05, 3.63) is 35.4 Å². The number of carboxylic acid groups (broad SMARTS) is 1. The molecule has 0 aliphatic heterocycles. The highest BCUT2D eigenvalue weighted by atomic mass is 16.4. The van der Waals surface area contributed by atoms with Crippen molar-refractivity contribution >= 4 is 12.0 Å². The molecule has 1 aromatic rings. The van der Waals surface area contributed by atoms with Crippen LogP contribution in [0.25, 0.3) is 0 Å². The molecular formula is C16H24N2O3. The van der Waals surface area contributed by atoms with E-state index in [1.807, 2.05) is 0 Å². The zero-order valence-corrected chi connectivity index (χ0v) is 12.8. The maximum Gasteiger partial charge on any atom is 0.335 e. The maximum absolute atomic E-state index is 11.8. The van der Waals surface area contributed by atoms with Gasteiger partial charge in [-0.05, 0) is 30.5 Å². The van der Waals surface area contributed by atoms with Crippen LogP contribution in [-0.4, -0.2) is 42.1 Å². The molecule has 0 aliphatic carbocycles. The summed E-state index contributed by atoms with van der Waals surface area (Å²) >= 11 is 0. The summed E-state index contributed by atoms with van der Waals surface area (Å²) in [6, 6.07) is 6.65. The molecule has 0 atom stereocenters. The molecule has 116 valence electrons. The van der Waals surface area contributed by atoms with E-state index in [1.54, 1.807) is 36.2 Å². The summed E-state index contributed by atoms with van der Waals surface area (Å²) in [4.78, 5) is 24.2. The molecule has 0 unspecified atom stereocenters. The predicted molar refractivity (Wildman–Crippen MR) is 82.7 cm³/mol. The minimum atomic E-state index is -0.927. The van der Waals surface area contributed by atoms with Crippen molar-refractivity contribution in [3.8, 4) is 0 Å². The average molecular weight is 292 g/mol. The van der Waals surface area contributed by atoms with Crippen molar-refractivity contribution in [2.24, 2.45) is 0 Å². The molecule has 2 N–H and O–H groups in total. The Hall–Kier alpha value is -2.04. The van der Waals surface area contributed by atoms with Crippen molar-refractivity contribution in [1.29, 1.82) is 0 Å². The average Bonchev–Trinajstić information content (AvgIpc) is 2.47. The third-order valence-electron chi connectivity index (χ3n) is 3.33.